The van der Waals surface area contributed by atoms with E-state index >= 15 is 0 Å². The summed E-state index contributed by atoms with van der Waals surface area (Å²) in [7, 11) is 0. The van der Waals surface area contributed by atoms with Crippen molar-refractivity contribution < 1.29 is 28.5 Å². The van der Waals surface area contributed by atoms with E-state index in [1.165, 1.54) is 19.1 Å². The van der Waals surface area contributed by atoms with E-state index in [0.29, 0.717) is 57.3 Å². The Balaban J connectivity index is 1.52. The maximum absolute atomic E-state index is 14.8. The predicted molar refractivity (Wildman–Crippen MR) is 126 cm³/mol. The van der Waals surface area contributed by atoms with Crippen LogP contribution in [0.15, 0.2) is 23.3 Å². The zero-order valence-corrected chi connectivity index (χ0v) is 20.5. The van der Waals surface area contributed by atoms with Crippen molar-refractivity contribution in [2.45, 2.75) is 88.1 Å². The normalized spacial score (nSPS) is 41.9. The van der Waals surface area contributed by atoms with E-state index in [0.717, 1.165) is 24.0 Å². The summed E-state index contributed by atoms with van der Waals surface area (Å²) >= 11 is 0. The average Bonchev–Trinajstić information content (AvgIpc) is 3.37. The Morgan fingerprint density at radius 3 is 2.40 bits per heavy atom. The molecule has 35 heavy (non-hydrogen) atoms. The Kier molecular flexibility index (Phi) is 5.14. The number of terminal acetylenes is 1. The van der Waals surface area contributed by atoms with Gasteiger partial charge in [0.1, 0.15) is 17.2 Å². The summed E-state index contributed by atoms with van der Waals surface area (Å²) in [5.41, 5.74) is -0.253. The monoisotopic (exact) mass is 484 g/mol. The molecule has 4 nitrogen and oxygen atoms in total. The van der Waals surface area contributed by atoms with Crippen LogP contribution < -0.4 is 0 Å². The maximum atomic E-state index is 14.8. The fourth-order valence-electron chi connectivity index (χ4n) is 8.42. The lowest BCUT2D eigenvalue weighted by Gasteiger charge is -2.57. The summed E-state index contributed by atoms with van der Waals surface area (Å²) in [6.45, 7) is 4.55. The number of hydrogen-bond acceptors (Lipinski definition) is 4. The van der Waals surface area contributed by atoms with Gasteiger partial charge in [0.25, 0.3) is 0 Å². The molecule has 6 heteroatoms. The summed E-state index contributed by atoms with van der Waals surface area (Å²) in [6.07, 6.45) is 10.7. The van der Waals surface area contributed by atoms with Crippen LogP contribution >= 0.6 is 0 Å². The largest absolute Gasteiger partial charge is 0.385 e. The number of allylic oxidation sites excluding steroid dienone is 1. The molecule has 1 aliphatic heterocycles. The molecule has 1 aromatic carbocycles. The van der Waals surface area contributed by atoms with Gasteiger partial charge < -0.3 is 19.7 Å². The van der Waals surface area contributed by atoms with Crippen molar-refractivity contribution in [2.24, 2.45) is 17.3 Å². The van der Waals surface area contributed by atoms with E-state index in [-0.39, 0.29) is 23.3 Å². The second-order valence-electron chi connectivity index (χ2n) is 11.8. The van der Waals surface area contributed by atoms with Gasteiger partial charge in [-0.2, -0.15) is 0 Å². The van der Waals surface area contributed by atoms with Gasteiger partial charge in [-0.1, -0.05) is 18.4 Å². The minimum atomic E-state index is -1.26. The Morgan fingerprint density at radius 1 is 1.06 bits per heavy atom. The standard InChI is InChI=1S/C29H34F2O4/c1-4-28(33)9-6-21-19-5-8-27(32)16-29(34-11-12-35-29)10-7-22(27)25(19)20(15-26(21,28)3)18-13-23(30)17(2)24(31)14-18/h1,13-14,19-21,32-33H,5-12,15-16H2,2-3H3/t19-,20+,21-,26-,27+,28-/m0/s1. The fourth-order valence-corrected chi connectivity index (χ4v) is 8.42. The molecule has 4 aliphatic carbocycles. The van der Waals surface area contributed by atoms with Crippen LogP contribution in [0.3, 0.4) is 0 Å². The lowest BCUT2D eigenvalue weighted by Crippen LogP contribution is -2.55. The smallest absolute Gasteiger partial charge is 0.171 e. The minimum absolute atomic E-state index is 0.000801. The predicted octanol–water partition coefficient (Wildman–Crippen LogP) is 4.91. The van der Waals surface area contributed by atoms with Gasteiger partial charge in [0, 0.05) is 29.7 Å². The summed E-state index contributed by atoms with van der Waals surface area (Å²) < 4.78 is 41.5. The third-order valence-corrected chi connectivity index (χ3v) is 10.3. The van der Waals surface area contributed by atoms with Crippen LogP contribution in [0.1, 0.15) is 75.3 Å². The molecule has 0 radical (unpaired) electrons. The second kappa shape index (κ2) is 7.61. The molecule has 1 spiro atoms. The Bertz CT molecular complexity index is 1120. The lowest BCUT2D eigenvalue weighted by atomic mass is 9.49. The third-order valence-electron chi connectivity index (χ3n) is 10.3. The van der Waals surface area contributed by atoms with E-state index in [1.807, 2.05) is 0 Å². The Labute approximate surface area is 205 Å². The van der Waals surface area contributed by atoms with E-state index in [9.17, 15) is 19.0 Å². The van der Waals surface area contributed by atoms with Crippen LogP contribution in [0.5, 0.6) is 0 Å². The molecule has 6 rings (SSSR count). The number of benzene rings is 1. The van der Waals surface area contributed by atoms with Gasteiger partial charge in [0.2, 0.25) is 0 Å². The van der Waals surface area contributed by atoms with Crippen molar-refractivity contribution in [3.63, 3.8) is 0 Å². The first-order chi connectivity index (χ1) is 16.5. The molecule has 0 bridgehead atoms. The minimum Gasteiger partial charge on any atom is -0.385 e. The molecule has 0 aromatic heterocycles. The maximum Gasteiger partial charge on any atom is 0.171 e. The Hall–Kier alpha value is -1.78. The highest BCUT2D eigenvalue weighted by Gasteiger charge is 2.64. The molecular weight excluding hydrogens is 450 g/mol. The van der Waals surface area contributed by atoms with E-state index in [4.69, 9.17) is 15.9 Å². The fraction of sp³-hybridized carbons (Fsp3) is 0.655. The molecule has 2 N–H and O–H groups in total. The van der Waals surface area contributed by atoms with Gasteiger partial charge in [-0.25, -0.2) is 8.78 Å². The molecule has 5 aliphatic rings. The van der Waals surface area contributed by atoms with E-state index in [2.05, 4.69) is 12.8 Å². The molecule has 1 aromatic rings. The van der Waals surface area contributed by atoms with Crippen LogP contribution in [0.2, 0.25) is 0 Å². The number of halogens is 2. The molecular formula is C29H34F2O4. The molecule has 0 unspecified atom stereocenters. The van der Waals surface area contributed by atoms with Crippen molar-refractivity contribution in [1.29, 1.82) is 0 Å². The summed E-state index contributed by atoms with van der Waals surface area (Å²) in [5, 5.41) is 23.5. The van der Waals surface area contributed by atoms with E-state index < -0.39 is 34.0 Å². The second-order valence-corrected chi connectivity index (χ2v) is 11.8. The quantitative estimate of drug-likeness (QED) is 0.440. The molecule has 6 atom stereocenters. The van der Waals surface area contributed by atoms with Crippen LogP contribution in [0.4, 0.5) is 8.78 Å². The highest BCUT2D eigenvalue weighted by molar-refractivity contribution is 5.45. The molecule has 0 amide bonds. The lowest BCUT2D eigenvalue weighted by molar-refractivity contribution is -0.208. The summed E-state index contributed by atoms with van der Waals surface area (Å²) in [4.78, 5) is 0. The van der Waals surface area contributed by atoms with Gasteiger partial charge in [0.15, 0.2) is 5.79 Å². The molecule has 3 saturated carbocycles. The van der Waals surface area contributed by atoms with E-state index in [1.54, 1.807) is 0 Å². The van der Waals surface area contributed by atoms with Gasteiger partial charge >= 0.3 is 0 Å². The molecule has 4 fully saturated rings. The molecule has 188 valence electrons. The van der Waals surface area contributed by atoms with Crippen LogP contribution in [0.25, 0.3) is 0 Å². The average molecular weight is 485 g/mol. The first-order valence-electron chi connectivity index (χ1n) is 12.9. The van der Waals surface area contributed by atoms with Crippen molar-refractivity contribution in [3.05, 3.63) is 46.0 Å². The topological polar surface area (TPSA) is 58.9 Å². The number of hydrogen-bond donors (Lipinski definition) is 2. The van der Waals surface area contributed by atoms with Crippen LogP contribution in [-0.2, 0) is 9.47 Å². The van der Waals surface area contributed by atoms with Gasteiger partial charge in [-0.15, -0.1) is 6.42 Å². The zero-order valence-electron chi connectivity index (χ0n) is 20.5. The van der Waals surface area contributed by atoms with Crippen LogP contribution in [-0.4, -0.2) is 40.4 Å². The highest BCUT2D eigenvalue weighted by atomic mass is 19.1. The molecule has 1 heterocycles. The number of ether oxygens (including phenoxy) is 2. The van der Waals surface area contributed by atoms with Crippen LogP contribution in [0, 0.1) is 48.2 Å². The summed E-state index contributed by atoms with van der Waals surface area (Å²) in [6, 6.07) is 2.87. The number of rotatable bonds is 1. The highest BCUT2D eigenvalue weighted by Crippen LogP contribution is 2.67. The van der Waals surface area contributed by atoms with Gasteiger partial charge in [-0.3, -0.25) is 0 Å². The van der Waals surface area contributed by atoms with Crippen molar-refractivity contribution in [3.8, 4) is 12.3 Å². The first-order valence-corrected chi connectivity index (χ1v) is 12.9. The third kappa shape index (κ3) is 3.18. The van der Waals surface area contributed by atoms with Crippen molar-refractivity contribution >= 4 is 0 Å². The van der Waals surface area contributed by atoms with Gasteiger partial charge in [-0.05, 0) is 80.6 Å². The Morgan fingerprint density at radius 2 is 1.74 bits per heavy atom. The van der Waals surface area contributed by atoms with Crippen molar-refractivity contribution in [1.82, 2.24) is 0 Å². The number of fused-ring (bicyclic) bond motifs is 4. The molecule has 1 saturated heterocycles. The van der Waals surface area contributed by atoms with Crippen molar-refractivity contribution in [2.75, 3.05) is 13.2 Å². The zero-order chi connectivity index (χ0) is 24.8. The summed E-state index contributed by atoms with van der Waals surface area (Å²) in [5.74, 6) is 0.716. The first kappa shape index (κ1) is 23.6. The van der Waals surface area contributed by atoms with Gasteiger partial charge in [0.05, 0.1) is 18.8 Å². The SMILES string of the molecule is C#C[C@]1(O)CC[C@H]2[C@@H]3CC[C@@]4(O)CC5(CCC4=C3[C@@H](c3cc(F)c(C)c(F)c3)C[C@@]21C)OCCO5. The number of aliphatic hydroxyl groups is 2.